The van der Waals surface area contributed by atoms with Gasteiger partial charge in [0.15, 0.2) is 11.2 Å². The minimum absolute atomic E-state index is 0.175. The van der Waals surface area contributed by atoms with Crippen LogP contribution in [0.5, 0.6) is 5.75 Å². The highest BCUT2D eigenvalue weighted by Gasteiger charge is 2.23. The van der Waals surface area contributed by atoms with Crippen LogP contribution in [0, 0.1) is 0 Å². The summed E-state index contributed by atoms with van der Waals surface area (Å²) < 4.78 is 7.40. The van der Waals surface area contributed by atoms with Crippen molar-refractivity contribution < 1.29 is 14.3 Å². The Bertz CT molecular complexity index is 965. The molecule has 1 aliphatic rings. The zero-order valence-electron chi connectivity index (χ0n) is 13.9. The average Bonchev–Trinajstić information content (AvgIpc) is 3.27. The summed E-state index contributed by atoms with van der Waals surface area (Å²) in [6, 6.07) is 9.00. The molecule has 1 aliphatic heterocycles. The number of hydrogen-bond acceptors (Lipinski definition) is 5. The lowest BCUT2D eigenvalue weighted by molar-refractivity contribution is -0.122. The molecule has 3 heterocycles. The summed E-state index contributed by atoms with van der Waals surface area (Å²) in [5.74, 6) is 0.206. The molecule has 4 rings (SSSR count). The number of nitrogens with one attached hydrogen (secondary N) is 2. The Morgan fingerprint density at radius 3 is 3.00 bits per heavy atom. The van der Waals surface area contributed by atoms with Crippen molar-refractivity contribution in [2.24, 2.45) is 0 Å². The van der Waals surface area contributed by atoms with Crippen molar-refractivity contribution in [2.45, 2.75) is 19.4 Å². The number of hydrogen-bond donors (Lipinski definition) is 2. The zero-order chi connectivity index (χ0) is 18.1. The Labute approximate surface area is 153 Å². The molecule has 8 heteroatoms. The molecule has 0 bridgehead atoms. The number of fused-ring (bicyclic) bond motifs is 1. The normalized spacial score (nSPS) is 15.7. The zero-order valence-corrected chi connectivity index (χ0v) is 14.7. The highest BCUT2D eigenvalue weighted by atomic mass is 32.1. The number of anilines is 2. The standard InChI is InChI=1S/C18H16N4O3S/c1-11-17(24)21-14-8-12(4-5-15(14)25-11)19-16(23)9-13-10-26-18(20-13)22-6-2-3-7-22/h2-8,10-11H,9H2,1H3,(H,19,23)(H,21,24)/t11-/m0/s1. The Morgan fingerprint density at radius 1 is 1.38 bits per heavy atom. The minimum atomic E-state index is -0.526. The summed E-state index contributed by atoms with van der Waals surface area (Å²) >= 11 is 1.48. The molecule has 0 saturated carbocycles. The third-order valence-electron chi connectivity index (χ3n) is 3.90. The fraction of sp³-hybridized carbons (Fsp3) is 0.167. The van der Waals surface area contributed by atoms with Gasteiger partial charge in [0.05, 0.1) is 17.8 Å². The Morgan fingerprint density at radius 2 is 2.19 bits per heavy atom. The first-order chi connectivity index (χ1) is 12.6. The molecule has 0 spiro atoms. The number of carbonyl (C=O) groups is 2. The number of aromatic nitrogens is 2. The van der Waals surface area contributed by atoms with E-state index in [0.29, 0.717) is 22.8 Å². The molecule has 2 aromatic heterocycles. The Hall–Kier alpha value is -3.13. The topological polar surface area (TPSA) is 85.2 Å². The molecule has 2 N–H and O–H groups in total. The average molecular weight is 368 g/mol. The van der Waals surface area contributed by atoms with Crippen LogP contribution in [-0.4, -0.2) is 27.5 Å². The van der Waals surface area contributed by atoms with Crippen LogP contribution in [0.25, 0.3) is 5.13 Å². The fourth-order valence-corrected chi connectivity index (χ4v) is 3.41. The third kappa shape index (κ3) is 3.31. The lowest BCUT2D eigenvalue weighted by atomic mass is 10.2. The molecule has 1 aromatic carbocycles. The number of rotatable bonds is 4. The van der Waals surface area contributed by atoms with Gasteiger partial charge in [-0.2, -0.15) is 0 Å². The summed E-state index contributed by atoms with van der Waals surface area (Å²) in [6.45, 7) is 1.68. The summed E-state index contributed by atoms with van der Waals surface area (Å²) in [7, 11) is 0. The predicted molar refractivity (Wildman–Crippen MR) is 98.9 cm³/mol. The maximum atomic E-state index is 12.3. The summed E-state index contributed by atoms with van der Waals surface area (Å²) in [5, 5.41) is 8.28. The lowest BCUT2D eigenvalue weighted by Crippen LogP contribution is -2.34. The summed E-state index contributed by atoms with van der Waals surface area (Å²) in [4.78, 5) is 28.5. The van der Waals surface area contributed by atoms with Gasteiger partial charge in [0.2, 0.25) is 5.91 Å². The molecule has 0 fully saturated rings. The van der Waals surface area contributed by atoms with Gasteiger partial charge >= 0.3 is 0 Å². The van der Waals surface area contributed by atoms with Crippen LogP contribution in [0.1, 0.15) is 12.6 Å². The Balaban J connectivity index is 1.42. The van der Waals surface area contributed by atoms with Gasteiger partial charge in [-0.3, -0.25) is 9.59 Å². The van der Waals surface area contributed by atoms with Gasteiger partial charge in [0.1, 0.15) is 5.75 Å². The van der Waals surface area contributed by atoms with Crippen LogP contribution in [0.2, 0.25) is 0 Å². The second kappa shape index (κ2) is 6.64. The minimum Gasteiger partial charge on any atom is -0.479 e. The van der Waals surface area contributed by atoms with Crippen LogP contribution >= 0.6 is 11.3 Å². The van der Waals surface area contributed by atoms with E-state index in [9.17, 15) is 9.59 Å². The van der Waals surface area contributed by atoms with Crippen LogP contribution in [0.4, 0.5) is 11.4 Å². The van der Waals surface area contributed by atoms with Crippen molar-refractivity contribution in [3.63, 3.8) is 0 Å². The number of carbonyl (C=O) groups excluding carboxylic acids is 2. The van der Waals surface area contributed by atoms with E-state index >= 15 is 0 Å². The summed E-state index contributed by atoms with van der Waals surface area (Å²) in [6.07, 6.45) is 3.47. The number of benzene rings is 1. The van der Waals surface area contributed by atoms with E-state index in [1.807, 2.05) is 34.5 Å². The number of nitrogens with zero attached hydrogens (tertiary/aromatic N) is 2. The van der Waals surface area contributed by atoms with Crippen LogP contribution < -0.4 is 15.4 Å². The van der Waals surface area contributed by atoms with Crippen molar-refractivity contribution in [1.82, 2.24) is 9.55 Å². The van der Waals surface area contributed by atoms with E-state index in [-0.39, 0.29) is 18.2 Å². The molecule has 26 heavy (non-hydrogen) atoms. The first-order valence-electron chi connectivity index (χ1n) is 8.07. The van der Waals surface area contributed by atoms with Crippen molar-refractivity contribution in [3.05, 3.63) is 53.8 Å². The lowest BCUT2D eigenvalue weighted by Gasteiger charge is -2.23. The molecule has 2 amide bonds. The van der Waals surface area contributed by atoms with E-state index < -0.39 is 6.10 Å². The largest absolute Gasteiger partial charge is 0.479 e. The highest BCUT2D eigenvalue weighted by molar-refractivity contribution is 7.12. The van der Waals surface area contributed by atoms with Crippen molar-refractivity contribution in [1.29, 1.82) is 0 Å². The van der Waals surface area contributed by atoms with Crippen LogP contribution in [0.15, 0.2) is 48.1 Å². The first kappa shape index (κ1) is 16.3. The van der Waals surface area contributed by atoms with Crippen LogP contribution in [0.3, 0.4) is 0 Å². The maximum absolute atomic E-state index is 12.3. The van der Waals surface area contributed by atoms with Gasteiger partial charge in [-0.1, -0.05) is 0 Å². The third-order valence-corrected chi connectivity index (χ3v) is 4.80. The summed E-state index contributed by atoms with van der Waals surface area (Å²) in [5.41, 5.74) is 1.85. The van der Waals surface area contributed by atoms with E-state index in [2.05, 4.69) is 15.6 Å². The van der Waals surface area contributed by atoms with E-state index in [1.54, 1.807) is 25.1 Å². The SMILES string of the molecule is C[C@@H]1Oc2ccc(NC(=O)Cc3csc(-n4cccc4)n3)cc2NC1=O. The molecule has 0 unspecified atom stereocenters. The van der Waals surface area contributed by atoms with Gasteiger partial charge in [-0.25, -0.2) is 4.98 Å². The van der Waals surface area contributed by atoms with Crippen LogP contribution in [-0.2, 0) is 16.0 Å². The highest BCUT2D eigenvalue weighted by Crippen LogP contribution is 2.32. The first-order valence-corrected chi connectivity index (χ1v) is 8.95. The van der Waals surface area contributed by atoms with Gasteiger partial charge < -0.3 is 19.9 Å². The second-order valence-corrected chi connectivity index (χ2v) is 6.73. The monoisotopic (exact) mass is 368 g/mol. The molecule has 0 saturated heterocycles. The van der Waals surface area contributed by atoms with E-state index in [4.69, 9.17) is 4.74 Å². The molecule has 3 aromatic rings. The second-order valence-electron chi connectivity index (χ2n) is 5.90. The molecule has 1 atom stereocenters. The number of thiazole rings is 1. The van der Waals surface area contributed by atoms with Gasteiger partial charge in [-0.15, -0.1) is 11.3 Å². The van der Waals surface area contributed by atoms with Crippen molar-refractivity contribution in [3.8, 4) is 10.9 Å². The smallest absolute Gasteiger partial charge is 0.265 e. The fourth-order valence-electron chi connectivity index (χ4n) is 2.61. The molecule has 0 aliphatic carbocycles. The van der Waals surface area contributed by atoms with Crippen molar-refractivity contribution >= 4 is 34.5 Å². The molecular formula is C18H16N4O3S. The van der Waals surface area contributed by atoms with Gasteiger partial charge in [0.25, 0.3) is 5.91 Å². The van der Waals surface area contributed by atoms with Gasteiger partial charge in [-0.05, 0) is 37.3 Å². The van der Waals surface area contributed by atoms with E-state index in [0.717, 1.165) is 5.13 Å². The van der Waals surface area contributed by atoms with Crippen molar-refractivity contribution in [2.75, 3.05) is 10.6 Å². The Kier molecular flexibility index (Phi) is 4.18. The molecule has 0 radical (unpaired) electrons. The van der Waals surface area contributed by atoms with E-state index in [1.165, 1.54) is 11.3 Å². The molecular weight excluding hydrogens is 352 g/mol. The predicted octanol–water partition coefficient (Wildman–Crippen LogP) is 2.83. The molecule has 132 valence electrons. The quantitative estimate of drug-likeness (QED) is 0.742. The maximum Gasteiger partial charge on any atom is 0.265 e. The molecule has 7 nitrogen and oxygen atoms in total. The van der Waals surface area contributed by atoms with Gasteiger partial charge in [0, 0.05) is 23.5 Å². The number of ether oxygens (including phenoxy) is 1. The number of amides is 2.